The highest BCUT2D eigenvalue weighted by Crippen LogP contribution is 2.46. The summed E-state index contributed by atoms with van der Waals surface area (Å²) in [5.41, 5.74) is 12.3. The van der Waals surface area contributed by atoms with E-state index in [-0.39, 0.29) is 0 Å². The molecule has 13 aromatic rings. The summed E-state index contributed by atoms with van der Waals surface area (Å²) in [5, 5.41) is 17.5. The molecule has 0 nitrogen and oxygen atoms in total. The molecule has 306 valence electrons. The lowest BCUT2D eigenvalue weighted by Gasteiger charge is -2.19. The molecule has 66 heavy (non-hydrogen) atoms. The third-order valence-electron chi connectivity index (χ3n) is 13.8. The SMILES string of the molecule is C(=Cc1c2ccccc2c(-c2ccc3ccccc3c2)c2ccccc12)c1ccc(-c2ccc3c(-c4ccc5ccccc5c4)c4ccccc4c(-c4ccc5ccccc5c4)c3c2)cc1. The first kappa shape index (κ1) is 37.9. The molecule has 0 heterocycles. The second-order valence-electron chi connectivity index (χ2n) is 17.6. The number of benzene rings is 13. The maximum atomic E-state index is 2.43. The van der Waals surface area contributed by atoms with Crippen molar-refractivity contribution in [3.63, 3.8) is 0 Å². The van der Waals surface area contributed by atoms with Gasteiger partial charge in [0.15, 0.2) is 0 Å². The van der Waals surface area contributed by atoms with E-state index >= 15 is 0 Å². The van der Waals surface area contributed by atoms with Crippen LogP contribution in [0.1, 0.15) is 11.1 Å². The quantitative estimate of drug-likeness (QED) is 0.116. The van der Waals surface area contributed by atoms with Crippen molar-refractivity contribution in [3.05, 3.63) is 254 Å². The van der Waals surface area contributed by atoms with Crippen LogP contribution in [0.25, 0.3) is 132 Å². The van der Waals surface area contributed by atoms with Gasteiger partial charge in [-0.05, 0) is 155 Å². The van der Waals surface area contributed by atoms with Crippen LogP contribution < -0.4 is 0 Å². The molecule has 0 saturated carbocycles. The second-order valence-corrected chi connectivity index (χ2v) is 17.6. The van der Waals surface area contributed by atoms with Crippen molar-refractivity contribution < 1.29 is 0 Å². The molecule has 0 aliphatic rings. The van der Waals surface area contributed by atoms with Crippen LogP contribution in [0.3, 0.4) is 0 Å². The van der Waals surface area contributed by atoms with Gasteiger partial charge in [0.1, 0.15) is 0 Å². The van der Waals surface area contributed by atoms with E-state index in [0.29, 0.717) is 0 Å². The van der Waals surface area contributed by atoms with Gasteiger partial charge in [-0.1, -0.05) is 231 Å². The molecule has 13 aromatic carbocycles. The molecule has 0 heteroatoms. The Kier molecular flexibility index (Phi) is 8.96. The van der Waals surface area contributed by atoms with E-state index in [4.69, 9.17) is 0 Å². The topological polar surface area (TPSA) is 0 Å². The molecule has 0 radical (unpaired) electrons. The molecule has 0 spiro atoms. The molecular weight excluding hydrogens is 793 g/mol. The molecule has 0 N–H and O–H groups in total. The molecule has 0 atom stereocenters. The molecule has 0 aliphatic heterocycles. The second kappa shape index (κ2) is 15.6. The molecule has 0 amide bonds. The van der Waals surface area contributed by atoms with Crippen LogP contribution in [-0.2, 0) is 0 Å². The van der Waals surface area contributed by atoms with Gasteiger partial charge in [-0.15, -0.1) is 0 Å². The molecular formula is C66H42. The fourth-order valence-electron chi connectivity index (χ4n) is 10.6. The Balaban J connectivity index is 0.935. The fraction of sp³-hybridized carbons (Fsp3) is 0. The summed E-state index contributed by atoms with van der Waals surface area (Å²) in [7, 11) is 0. The first-order valence-electron chi connectivity index (χ1n) is 22.9. The lowest BCUT2D eigenvalue weighted by molar-refractivity contribution is 1.62. The Hall–Kier alpha value is -8.58. The number of hydrogen-bond donors (Lipinski definition) is 0. The van der Waals surface area contributed by atoms with Crippen LogP contribution in [0.2, 0.25) is 0 Å². The zero-order valence-electron chi connectivity index (χ0n) is 36.2. The normalized spacial score (nSPS) is 11.9. The number of rotatable bonds is 6. The molecule has 0 unspecified atom stereocenters. The van der Waals surface area contributed by atoms with Crippen molar-refractivity contribution in [1.82, 2.24) is 0 Å². The van der Waals surface area contributed by atoms with Gasteiger partial charge in [-0.3, -0.25) is 0 Å². The van der Waals surface area contributed by atoms with Crippen molar-refractivity contribution in [1.29, 1.82) is 0 Å². The van der Waals surface area contributed by atoms with Crippen LogP contribution in [0.4, 0.5) is 0 Å². The van der Waals surface area contributed by atoms with Crippen molar-refractivity contribution in [2.75, 3.05) is 0 Å². The maximum absolute atomic E-state index is 2.43. The summed E-state index contributed by atoms with van der Waals surface area (Å²) in [6, 6.07) is 89.6. The highest BCUT2D eigenvalue weighted by atomic mass is 14.2. The monoisotopic (exact) mass is 834 g/mol. The summed E-state index contributed by atoms with van der Waals surface area (Å²) in [6.45, 7) is 0. The van der Waals surface area contributed by atoms with E-state index in [9.17, 15) is 0 Å². The Morgan fingerprint density at radius 3 is 0.985 bits per heavy atom. The molecule has 13 rings (SSSR count). The zero-order chi connectivity index (χ0) is 43.6. The molecule has 0 aliphatic carbocycles. The lowest BCUT2D eigenvalue weighted by atomic mass is 9.84. The number of fused-ring (bicyclic) bond motifs is 7. The van der Waals surface area contributed by atoms with Crippen molar-refractivity contribution in [2.45, 2.75) is 0 Å². The van der Waals surface area contributed by atoms with Gasteiger partial charge in [0.2, 0.25) is 0 Å². The zero-order valence-corrected chi connectivity index (χ0v) is 36.2. The molecule has 0 saturated heterocycles. The average Bonchev–Trinajstić information content (AvgIpc) is 3.38. The van der Waals surface area contributed by atoms with E-state index in [1.165, 1.54) is 125 Å². The maximum Gasteiger partial charge on any atom is -0.00259 e. The Morgan fingerprint density at radius 1 is 0.197 bits per heavy atom. The Morgan fingerprint density at radius 2 is 0.530 bits per heavy atom. The van der Waals surface area contributed by atoms with Crippen LogP contribution in [-0.4, -0.2) is 0 Å². The third kappa shape index (κ3) is 6.38. The first-order chi connectivity index (χ1) is 32.7. The predicted molar refractivity (Wildman–Crippen MR) is 286 cm³/mol. The van der Waals surface area contributed by atoms with Gasteiger partial charge < -0.3 is 0 Å². The summed E-state index contributed by atoms with van der Waals surface area (Å²) < 4.78 is 0. The van der Waals surface area contributed by atoms with Gasteiger partial charge in [-0.2, -0.15) is 0 Å². The standard InChI is InChI=1S/C66H42/c1-4-16-48-39-52(33-30-44(48)13-1)64-58-21-9-7-19-55(58)57(56-20-8-10-22-59(56)64)37-27-43-25-28-47(29-26-43)51-36-38-62-63(42-51)66(54-35-32-46-15-3-6-18-50(46)41-54)61-24-12-11-23-60(61)65(62)53-34-31-45-14-2-5-17-49(45)40-53/h1-42H. The lowest BCUT2D eigenvalue weighted by Crippen LogP contribution is -1.92. The fourth-order valence-corrected chi connectivity index (χ4v) is 10.6. The van der Waals surface area contributed by atoms with E-state index in [0.717, 1.165) is 5.56 Å². The summed E-state index contributed by atoms with van der Waals surface area (Å²) in [5.74, 6) is 0. The van der Waals surface area contributed by atoms with Crippen LogP contribution in [0.5, 0.6) is 0 Å². The Labute approximate surface area is 384 Å². The van der Waals surface area contributed by atoms with Crippen molar-refractivity contribution in [3.8, 4) is 44.5 Å². The van der Waals surface area contributed by atoms with Crippen LogP contribution >= 0.6 is 0 Å². The minimum absolute atomic E-state index is 1.16. The van der Waals surface area contributed by atoms with E-state index in [1.54, 1.807) is 0 Å². The first-order valence-corrected chi connectivity index (χ1v) is 22.9. The minimum atomic E-state index is 1.16. The predicted octanol–water partition coefficient (Wildman–Crippen LogP) is 18.6. The van der Waals surface area contributed by atoms with Gasteiger partial charge >= 0.3 is 0 Å². The molecule has 0 aromatic heterocycles. The largest absolute Gasteiger partial charge is 0.0616 e. The summed E-state index contributed by atoms with van der Waals surface area (Å²) in [4.78, 5) is 0. The minimum Gasteiger partial charge on any atom is -0.0616 e. The van der Waals surface area contributed by atoms with E-state index in [1.807, 2.05) is 0 Å². The average molecular weight is 835 g/mol. The number of hydrogen-bond acceptors (Lipinski definition) is 0. The van der Waals surface area contributed by atoms with E-state index < -0.39 is 0 Å². The van der Waals surface area contributed by atoms with Gasteiger partial charge in [0.25, 0.3) is 0 Å². The van der Waals surface area contributed by atoms with Gasteiger partial charge in [0.05, 0.1) is 0 Å². The van der Waals surface area contributed by atoms with Crippen LogP contribution in [0.15, 0.2) is 243 Å². The van der Waals surface area contributed by atoms with Gasteiger partial charge in [0, 0.05) is 0 Å². The van der Waals surface area contributed by atoms with Crippen LogP contribution in [0, 0.1) is 0 Å². The highest BCUT2D eigenvalue weighted by Gasteiger charge is 2.19. The smallest absolute Gasteiger partial charge is 0.00259 e. The van der Waals surface area contributed by atoms with Crippen molar-refractivity contribution in [2.24, 2.45) is 0 Å². The summed E-state index contributed by atoms with van der Waals surface area (Å²) in [6.07, 6.45) is 4.59. The molecule has 0 bridgehead atoms. The summed E-state index contributed by atoms with van der Waals surface area (Å²) >= 11 is 0. The molecule has 0 fully saturated rings. The van der Waals surface area contributed by atoms with Crippen molar-refractivity contribution >= 4 is 87.6 Å². The highest BCUT2D eigenvalue weighted by molar-refractivity contribution is 6.23. The Bertz CT molecular complexity index is 4040. The van der Waals surface area contributed by atoms with E-state index in [2.05, 4.69) is 255 Å². The third-order valence-corrected chi connectivity index (χ3v) is 13.8. The van der Waals surface area contributed by atoms with Gasteiger partial charge in [-0.25, -0.2) is 0 Å².